The Kier molecular flexibility index (Phi) is 5.03. The Morgan fingerprint density at radius 3 is 2.35 bits per heavy atom. The summed E-state index contributed by atoms with van der Waals surface area (Å²) in [6.07, 6.45) is -0.935. The number of carbonyl (C=O) groups excluding carboxylic acids is 2. The topological polar surface area (TPSA) is 98.5 Å². The summed E-state index contributed by atoms with van der Waals surface area (Å²) >= 11 is 0. The quantitative estimate of drug-likeness (QED) is 0.396. The summed E-state index contributed by atoms with van der Waals surface area (Å²) in [5.74, 6) is -1.29. The Balaban J connectivity index is 2.03. The molecule has 0 aliphatic carbocycles. The standard InChI is InChI=1S/C16H14N2O5/c1-11(17-15(19)12-7-3-2-4-8-12)23-16(20)13-9-5-6-10-14(13)18(21)22/h2-11H,1H3,(H,17,19). The first kappa shape index (κ1) is 16.2. The van der Waals surface area contributed by atoms with Gasteiger partial charge in [0, 0.05) is 11.6 Å². The molecule has 0 saturated carbocycles. The Bertz CT molecular complexity index is 730. The average molecular weight is 314 g/mol. The molecule has 1 unspecified atom stereocenters. The van der Waals surface area contributed by atoms with Gasteiger partial charge >= 0.3 is 5.97 Å². The van der Waals surface area contributed by atoms with Crippen LogP contribution >= 0.6 is 0 Å². The van der Waals surface area contributed by atoms with Crippen molar-refractivity contribution in [2.24, 2.45) is 0 Å². The maximum Gasteiger partial charge on any atom is 0.347 e. The minimum Gasteiger partial charge on any atom is -0.438 e. The molecule has 0 radical (unpaired) electrons. The summed E-state index contributed by atoms with van der Waals surface area (Å²) in [5.41, 5.74) is -0.0986. The van der Waals surface area contributed by atoms with Gasteiger partial charge in [0.15, 0.2) is 6.23 Å². The number of nitrogens with zero attached hydrogens (tertiary/aromatic N) is 1. The summed E-state index contributed by atoms with van der Waals surface area (Å²) < 4.78 is 5.04. The SMILES string of the molecule is CC(NC(=O)c1ccccc1)OC(=O)c1ccccc1[N+](=O)[O-]. The fraction of sp³-hybridized carbons (Fsp3) is 0.125. The van der Waals surface area contributed by atoms with Gasteiger partial charge in [0.05, 0.1) is 4.92 Å². The van der Waals surface area contributed by atoms with Gasteiger partial charge in [0.2, 0.25) is 0 Å². The van der Waals surface area contributed by atoms with Crippen LogP contribution < -0.4 is 5.32 Å². The van der Waals surface area contributed by atoms with Gasteiger partial charge in [-0.1, -0.05) is 30.3 Å². The molecule has 0 fully saturated rings. The number of hydrogen-bond acceptors (Lipinski definition) is 5. The highest BCUT2D eigenvalue weighted by molar-refractivity contribution is 5.95. The lowest BCUT2D eigenvalue weighted by molar-refractivity contribution is -0.385. The predicted molar refractivity (Wildman–Crippen MR) is 81.9 cm³/mol. The van der Waals surface area contributed by atoms with E-state index in [0.29, 0.717) is 5.56 Å². The number of para-hydroxylation sites is 1. The maximum absolute atomic E-state index is 12.0. The van der Waals surface area contributed by atoms with Gasteiger partial charge in [0.25, 0.3) is 11.6 Å². The van der Waals surface area contributed by atoms with Crippen molar-refractivity contribution in [3.63, 3.8) is 0 Å². The first-order valence-corrected chi connectivity index (χ1v) is 6.79. The van der Waals surface area contributed by atoms with E-state index in [0.717, 1.165) is 0 Å². The van der Waals surface area contributed by atoms with Crippen molar-refractivity contribution in [1.82, 2.24) is 5.32 Å². The first-order chi connectivity index (χ1) is 11.0. The summed E-state index contributed by atoms with van der Waals surface area (Å²) in [6.45, 7) is 1.47. The van der Waals surface area contributed by atoms with Gasteiger partial charge in [-0.2, -0.15) is 0 Å². The molecule has 0 saturated heterocycles. The third kappa shape index (κ3) is 4.13. The van der Waals surface area contributed by atoms with E-state index in [1.165, 1.54) is 31.2 Å². The van der Waals surface area contributed by atoms with E-state index in [1.807, 2.05) is 0 Å². The van der Waals surface area contributed by atoms with Crippen molar-refractivity contribution in [1.29, 1.82) is 0 Å². The van der Waals surface area contributed by atoms with Crippen molar-refractivity contribution in [2.75, 3.05) is 0 Å². The van der Waals surface area contributed by atoms with Crippen molar-refractivity contribution in [2.45, 2.75) is 13.2 Å². The zero-order valence-electron chi connectivity index (χ0n) is 12.3. The van der Waals surface area contributed by atoms with Gasteiger partial charge in [0.1, 0.15) is 5.56 Å². The molecule has 0 aliphatic heterocycles. The van der Waals surface area contributed by atoms with Gasteiger partial charge < -0.3 is 10.1 Å². The molecular weight excluding hydrogens is 300 g/mol. The molecule has 2 rings (SSSR count). The highest BCUT2D eigenvalue weighted by Gasteiger charge is 2.22. The fourth-order valence-corrected chi connectivity index (χ4v) is 1.92. The van der Waals surface area contributed by atoms with Crippen LogP contribution in [-0.4, -0.2) is 23.0 Å². The molecule has 118 valence electrons. The van der Waals surface area contributed by atoms with Gasteiger partial charge in [-0.25, -0.2) is 4.79 Å². The summed E-state index contributed by atoms with van der Waals surface area (Å²) in [4.78, 5) is 34.2. The average Bonchev–Trinajstić information content (AvgIpc) is 2.55. The highest BCUT2D eigenvalue weighted by atomic mass is 16.6. The van der Waals surface area contributed by atoms with Crippen LogP contribution in [0.3, 0.4) is 0 Å². The lowest BCUT2D eigenvalue weighted by Crippen LogP contribution is -2.36. The molecule has 0 heterocycles. The highest BCUT2D eigenvalue weighted by Crippen LogP contribution is 2.18. The molecule has 0 spiro atoms. The molecule has 1 N–H and O–H groups in total. The van der Waals surface area contributed by atoms with Crippen LogP contribution in [0, 0.1) is 10.1 Å². The summed E-state index contributed by atoms with van der Waals surface area (Å²) in [7, 11) is 0. The largest absolute Gasteiger partial charge is 0.438 e. The van der Waals surface area contributed by atoms with Crippen LogP contribution in [0.2, 0.25) is 0 Å². The Morgan fingerprint density at radius 1 is 1.09 bits per heavy atom. The van der Waals surface area contributed by atoms with Gasteiger partial charge in [-0.3, -0.25) is 14.9 Å². The lowest BCUT2D eigenvalue weighted by Gasteiger charge is -2.15. The van der Waals surface area contributed by atoms with E-state index in [4.69, 9.17) is 4.74 Å². The number of amides is 1. The number of benzene rings is 2. The normalized spacial score (nSPS) is 11.3. The lowest BCUT2D eigenvalue weighted by atomic mass is 10.2. The Labute approximate surface area is 132 Å². The molecule has 7 heteroatoms. The van der Waals surface area contributed by atoms with Crippen molar-refractivity contribution in [3.8, 4) is 0 Å². The number of ether oxygens (including phenoxy) is 1. The second kappa shape index (κ2) is 7.17. The first-order valence-electron chi connectivity index (χ1n) is 6.79. The Hall–Kier alpha value is -3.22. The predicted octanol–water partition coefficient (Wildman–Crippen LogP) is 2.53. The second-order valence-electron chi connectivity index (χ2n) is 4.66. The zero-order valence-corrected chi connectivity index (χ0v) is 12.3. The molecule has 1 atom stereocenters. The van der Waals surface area contributed by atoms with Crippen LogP contribution in [0.25, 0.3) is 0 Å². The number of nitro groups is 1. The van der Waals surface area contributed by atoms with Crippen LogP contribution in [0.4, 0.5) is 5.69 Å². The van der Waals surface area contributed by atoms with E-state index in [1.54, 1.807) is 30.3 Å². The van der Waals surface area contributed by atoms with Crippen LogP contribution in [-0.2, 0) is 4.74 Å². The van der Waals surface area contributed by atoms with Gasteiger partial charge in [-0.05, 0) is 25.1 Å². The van der Waals surface area contributed by atoms with Gasteiger partial charge in [-0.15, -0.1) is 0 Å². The number of carbonyl (C=O) groups is 2. The smallest absolute Gasteiger partial charge is 0.347 e. The van der Waals surface area contributed by atoms with E-state index < -0.39 is 23.0 Å². The number of nitro benzene ring substituents is 1. The van der Waals surface area contributed by atoms with Crippen molar-refractivity contribution >= 4 is 17.6 Å². The molecule has 2 aromatic carbocycles. The number of hydrogen-bond donors (Lipinski definition) is 1. The number of rotatable bonds is 5. The molecular formula is C16H14N2O5. The minimum atomic E-state index is -0.935. The molecule has 7 nitrogen and oxygen atoms in total. The van der Waals surface area contributed by atoms with Crippen LogP contribution in [0.1, 0.15) is 27.6 Å². The number of nitrogens with one attached hydrogen (secondary N) is 1. The minimum absolute atomic E-state index is 0.168. The van der Waals surface area contributed by atoms with E-state index in [2.05, 4.69) is 5.32 Å². The molecule has 0 aromatic heterocycles. The number of esters is 1. The molecule has 23 heavy (non-hydrogen) atoms. The van der Waals surface area contributed by atoms with E-state index >= 15 is 0 Å². The third-order valence-corrected chi connectivity index (χ3v) is 2.97. The summed E-state index contributed by atoms with van der Waals surface area (Å²) in [6, 6.07) is 13.9. The molecule has 0 bridgehead atoms. The van der Waals surface area contributed by atoms with E-state index in [-0.39, 0.29) is 11.3 Å². The maximum atomic E-state index is 12.0. The second-order valence-corrected chi connectivity index (χ2v) is 4.66. The fourth-order valence-electron chi connectivity index (χ4n) is 1.92. The molecule has 1 amide bonds. The summed E-state index contributed by atoms with van der Waals surface area (Å²) in [5, 5.41) is 13.4. The van der Waals surface area contributed by atoms with Crippen LogP contribution in [0.5, 0.6) is 0 Å². The zero-order chi connectivity index (χ0) is 16.8. The monoisotopic (exact) mass is 314 g/mol. The van der Waals surface area contributed by atoms with Crippen molar-refractivity contribution in [3.05, 3.63) is 75.8 Å². The van der Waals surface area contributed by atoms with Crippen molar-refractivity contribution < 1.29 is 19.2 Å². The van der Waals surface area contributed by atoms with Crippen LogP contribution in [0.15, 0.2) is 54.6 Å². The molecule has 2 aromatic rings. The third-order valence-electron chi connectivity index (χ3n) is 2.97. The Morgan fingerprint density at radius 2 is 1.70 bits per heavy atom. The van der Waals surface area contributed by atoms with E-state index in [9.17, 15) is 19.7 Å². The molecule has 0 aliphatic rings.